The summed E-state index contributed by atoms with van der Waals surface area (Å²) in [5.74, 6) is 0.210. The molecule has 0 spiro atoms. The third-order valence-electron chi connectivity index (χ3n) is 4.37. The molecule has 1 aliphatic heterocycles. The highest BCUT2D eigenvalue weighted by Gasteiger charge is 2.23. The predicted molar refractivity (Wildman–Crippen MR) is 90.4 cm³/mol. The van der Waals surface area contributed by atoms with Crippen LogP contribution in [0.2, 0.25) is 0 Å². The minimum atomic E-state index is -0.228. The second kappa shape index (κ2) is 7.05. The first-order valence-electron chi connectivity index (χ1n) is 8.16. The molecule has 1 atom stereocenters. The molecule has 3 N–H and O–H groups in total. The number of benzene rings is 1. The monoisotopic (exact) mass is 331 g/mol. The van der Waals surface area contributed by atoms with Gasteiger partial charge in [0.15, 0.2) is 0 Å². The average Bonchev–Trinajstić information content (AvgIpc) is 3.04. The number of rotatable bonds is 4. The van der Waals surface area contributed by atoms with Gasteiger partial charge in [-0.3, -0.25) is 4.79 Å². The van der Waals surface area contributed by atoms with Crippen molar-refractivity contribution >= 4 is 11.6 Å². The van der Waals surface area contributed by atoms with Gasteiger partial charge in [0.05, 0.1) is 12.1 Å². The van der Waals surface area contributed by atoms with E-state index in [0.717, 1.165) is 30.6 Å². The van der Waals surface area contributed by atoms with Gasteiger partial charge in [0.1, 0.15) is 17.8 Å². The third-order valence-corrected chi connectivity index (χ3v) is 4.37. The highest BCUT2D eigenvalue weighted by Crippen LogP contribution is 2.24. The van der Waals surface area contributed by atoms with Crippen molar-refractivity contribution in [3.63, 3.8) is 0 Å². The van der Waals surface area contributed by atoms with Crippen LogP contribution in [0.15, 0.2) is 34.9 Å². The zero-order chi connectivity index (χ0) is 17.1. The number of piperidine rings is 1. The number of carbonyl (C=O) groups excluding carboxylic acids is 1. The molecule has 1 aliphatic rings. The predicted octanol–water partition coefficient (Wildman–Crippen LogP) is 2.58. The van der Waals surface area contributed by atoms with Gasteiger partial charge in [0.25, 0.3) is 5.91 Å². The van der Waals surface area contributed by atoms with Crippen molar-refractivity contribution in [3.05, 3.63) is 53.2 Å². The first kappa shape index (κ1) is 16.5. The lowest BCUT2D eigenvalue weighted by atomic mass is 10.0. The number of aryl methyl sites for hydroxylation is 1. The zero-order valence-corrected chi connectivity index (χ0v) is 13.7. The van der Waals surface area contributed by atoms with Crippen molar-refractivity contribution in [1.82, 2.24) is 5.32 Å². The average molecular weight is 331 g/mol. The number of hydrogen-bond donors (Lipinski definition) is 2. The first-order valence-corrected chi connectivity index (χ1v) is 8.16. The van der Waals surface area contributed by atoms with E-state index in [9.17, 15) is 9.18 Å². The fourth-order valence-corrected chi connectivity index (χ4v) is 3.16. The van der Waals surface area contributed by atoms with E-state index in [4.69, 9.17) is 10.2 Å². The molecule has 0 radical (unpaired) electrons. The summed E-state index contributed by atoms with van der Waals surface area (Å²) in [5.41, 5.74) is 7.91. The van der Waals surface area contributed by atoms with Gasteiger partial charge in [-0.1, -0.05) is 0 Å². The minimum Gasteiger partial charge on any atom is -0.467 e. The second-order valence-electron chi connectivity index (χ2n) is 6.20. The Bertz CT molecular complexity index is 729. The topological polar surface area (TPSA) is 71.5 Å². The van der Waals surface area contributed by atoms with E-state index >= 15 is 0 Å². The van der Waals surface area contributed by atoms with Gasteiger partial charge in [0.2, 0.25) is 0 Å². The van der Waals surface area contributed by atoms with Gasteiger partial charge in [0, 0.05) is 24.8 Å². The number of furan rings is 1. The number of hydrogen-bond acceptors (Lipinski definition) is 4. The highest BCUT2D eigenvalue weighted by atomic mass is 19.1. The Morgan fingerprint density at radius 2 is 2.29 bits per heavy atom. The Labute approximate surface area is 140 Å². The van der Waals surface area contributed by atoms with Gasteiger partial charge < -0.3 is 20.4 Å². The van der Waals surface area contributed by atoms with Crippen LogP contribution in [-0.2, 0) is 6.54 Å². The summed E-state index contributed by atoms with van der Waals surface area (Å²) in [5, 5.41) is 3.05. The summed E-state index contributed by atoms with van der Waals surface area (Å²) in [7, 11) is 0. The van der Waals surface area contributed by atoms with Crippen LogP contribution in [-0.4, -0.2) is 25.0 Å². The molecule has 1 unspecified atom stereocenters. The highest BCUT2D eigenvalue weighted by molar-refractivity contribution is 5.94. The van der Waals surface area contributed by atoms with Crippen LogP contribution in [0.4, 0.5) is 10.1 Å². The fraction of sp³-hybridized carbons (Fsp3) is 0.389. The van der Waals surface area contributed by atoms with Crippen LogP contribution >= 0.6 is 0 Å². The van der Waals surface area contributed by atoms with Crippen molar-refractivity contribution in [2.75, 3.05) is 18.0 Å². The van der Waals surface area contributed by atoms with Crippen molar-refractivity contribution in [3.8, 4) is 0 Å². The standard InChI is InChI=1S/C18H22FN3O2/c1-12-7-14(19)4-5-17(12)22-6-2-3-15(10-22)21-18(23)13-8-16(9-20)24-11-13/h4-5,7-8,11,15H,2-3,6,9-10,20H2,1H3,(H,21,23). The number of nitrogens with two attached hydrogens (primary N) is 1. The summed E-state index contributed by atoms with van der Waals surface area (Å²) >= 11 is 0. The van der Waals surface area contributed by atoms with Crippen LogP contribution < -0.4 is 16.0 Å². The molecule has 5 nitrogen and oxygen atoms in total. The molecule has 1 fully saturated rings. The number of nitrogens with one attached hydrogen (secondary N) is 1. The van der Waals surface area contributed by atoms with Crippen molar-refractivity contribution in [1.29, 1.82) is 0 Å². The molecule has 1 aromatic heterocycles. The number of anilines is 1. The van der Waals surface area contributed by atoms with E-state index in [1.54, 1.807) is 12.1 Å². The van der Waals surface area contributed by atoms with Crippen molar-refractivity contribution in [2.45, 2.75) is 32.4 Å². The van der Waals surface area contributed by atoms with Gasteiger partial charge in [-0.25, -0.2) is 4.39 Å². The fourth-order valence-electron chi connectivity index (χ4n) is 3.16. The maximum absolute atomic E-state index is 13.3. The van der Waals surface area contributed by atoms with Gasteiger partial charge in [-0.05, 0) is 49.6 Å². The Morgan fingerprint density at radius 1 is 1.46 bits per heavy atom. The Balaban J connectivity index is 1.66. The Kier molecular flexibility index (Phi) is 4.85. The number of halogens is 1. The van der Waals surface area contributed by atoms with E-state index in [1.165, 1.54) is 18.4 Å². The van der Waals surface area contributed by atoms with Crippen molar-refractivity contribution < 1.29 is 13.6 Å². The van der Waals surface area contributed by atoms with E-state index < -0.39 is 0 Å². The summed E-state index contributed by atoms with van der Waals surface area (Å²) < 4.78 is 18.5. The lowest BCUT2D eigenvalue weighted by Gasteiger charge is -2.35. The first-order chi connectivity index (χ1) is 11.6. The van der Waals surface area contributed by atoms with Crippen LogP contribution in [0, 0.1) is 12.7 Å². The van der Waals surface area contributed by atoms with Crippen LogP contribution in [0.5, 0.6) is 0 Å². The molecular formula is C18H22FN3O2. The quantitative estimate of drug-likeness (QED) is 0.903. The van der Waals surface area contributed by atoms with Crippen LogP contribution in [0.3, 0.4) is 0 Å². The lowest BCUT2D eigenvalue weighted by molar-refractivity contribution is 0.0932. The maximum Gasteiger partial charge on any atom is 0.254 e. The molecule has 2 aromatic rings. The minimum absolute atomic E-state index is 0.0481. The molecule has 1 saturated heterocycles. The van der Waals surface area contributed by atoms with Crippen LogP contribution in [0.25, 0.3) is 0 Å². The van der Waals surface area contributed by atoms with Crippen LogP contribution in [0.1, 0.15) is 34.5 Å². The lowest BCUT2D eigenvalue weighted by Crippen LogP contribution is -2.48. The number of amides is 1. The summed E-state index contributed by atoms with van der Waals surface area (Å²) in [6, 6.07) is 6.53. The normalized spacial score (nSPS) is 17.8. The SMILES string of the molecule is Cc1cc(F)ccc1N1CCCC(NC(=O)c2coc(CN)c2)C1. The molecule has 0 aliphatic carbocycles. The molecule has 3 rings (SSSR count). The summed E-state index contributed by atoms with van der Waals surface area (Å²) in [6.07, 6.45) is 3.33. The molecule has 0 bridgehead atoms. The Hall–Kier alpha value is -2.34. The molecular weight excluding hydrogens is 309 g/mol. The van der Waals surface area contributed by atoms with Gasteiger partial charge in [-0.2, -0.15) is 0 Å². The summed E-state index contributed by atoms with van der Waals surface area (Å²) in [4.78, 5) is 14.5. The van der Waals surface area contributed by atoms with E-state index in [1.807, 2.05) is 6.92 Å². The second-order valence-corrected chi connectivity index (χ2v) is 6.20. The molecule has 6 heteroatoms. The van der Waals surface area contributed by atoms with Crippen molar-refractivity contribution in [2.24, 2.45) is 5.73 Å². The maximum atomic E-state index is 13.3. The largest absolute Gasteiger partial charge is 0.467 e. The van der Waals surface area contributed by atoms with E-state index in [0.29, 0.717) is 17.9 Å². The smallest absolute Gasteiger partial charge is 0.254 e. The van der Waals surface area contributed by atoms with Gasteiger partial charge >= 0.3 is 0 Å². The summed E-state index contributed by atoms with van der Waals surface area (Å²) in [6.45, 7) is 3.79. The molecule has 24 heavy (non-hydrogen) atoms. The molecule has 1 amide bonds. The molecule has 0 saturated carbocycles. The molecule has 128 valence electrons. The molecule has 2 heterocycles. The zero-order valence-electron chi connectivity index (χ0n) is 13.7. The molecule has 1 aromatic carbocycles. The Morgan fingerprint density at radius 3 is 3.00 bits per heavy atom. The van der Waals surface area contributed by atoms with E-state index in [2.05, 4.69) is 10.2 Å². The number of nitrogens with zero attached hydrogens (tertiary/aromatic N) is 1. The van der Waals surface area contributed by atoms with Gasteiger partial charge in [-0.15, -0.1) is 0 Å². The number of carbonyl (C=O) groups is 1. The third kappa shape index (κ3) is 3.59. The van der Waals surface area contributed by atoms with E-state index in [-0.39, 0.29) is 24.3 Å².